The summed E-state index contributed by atoms with van der Waals surface area (Å²) in [5, 5.41) is 9.38. The van der Waals surface area contributed by atoms with Gasteiger partial charge in [0.15, 0.2) is 5.78 Å². The third kappa shape index (κ3) is 5.77. The van der Waals surface area contributed by atoms with E-state index in [2.05, 4.69) is 15.1 Å². The van der Waals surface area contributed by atoms with Crippen LogP contribution in [0.15, 0.2) is 53.3 Å². The molecule has 0 radical (unpaired) electrons. The fourth-order valence-corrected chi connectivity index (χ4v) is 5.22. The second-order valence-corrected chi connectivity index (χ2v) is 10.5. The number of fused-ring (bicyclic) bond motifs is 3. The number of hydrogen-bond donors (Lipinski definition) is 0. The molecule has 2 aromatic carbocycles. The molecule has 0 aliphatic carbocycles. The average Bonchev–Trinajstić information content (AvgIpc) is 3.39. The van der Waals surface area contributed by atoms with E-state index in [0.29, 0.717) is 68.1 Å². The molecule has 0 spiro atoms. The number of ether oxygens (including phenoxy) is 1. The second-order valence-electron chi connectivity index (χ2n) is 10.5. The van der Waals surface area contributed by atoms with E-state index in [1.807, 2.05) is 71.7 Å². The maximum Gasteiger partial charge on any atom is 0.262 e. The van der Waals surface area contributed by atoms with Crippen molar-refractivity contribution in [3.63, 3.8) is 0 Å². The summed E-state index contributed by atoms with van der Waals surface area (Å²) >= 11 is 0. The molecule has 3 heterocycles. The first-order valence-electron chi connectivity index (χ1n) is 13.9. The van der Waals surface area contributed by atoms with Gasteiger partial charge >= 0.3 is 0 Å². The fraction of sp³-hybridized carbons (Fsp3) is 0.433. The highest BCUT2D eigenvalue weighted by atomic mass is 16.5. The lowest BCUT2D eigenvalue weighted by Crippen LogP contribution is -2.48. The Balaban J connectivity index is 1.27. The summed E-state index contributed by atoms with van der Waals surface area (Å²) in [6.45, 7) is 9.29. The van der Waals surface area contributed by atoms with Crippen molar-refractivity contribution in [2.45, 2.75) is 52.7 Å². The lowest BCUT2D eigenvalue weighted by molar-refractivity contribution is -0.131. The van der Waals surface area contributed by atoms with Crippen LogP contribution < -0.4 is 10.5 Å². The van der Waals surface area contributed by atoms with E-state index in [1.54, 1.807) is 11.5 Å². The van der Waals surface area contributed by atoms with E-state index in [1.165, 1.54) is 0 Å². The topological polar surface area (TPSA) is 102 Å². The van der Waals surface area contributed by atoms with Gasteiger partial charge in [-0.1, -0.05) is 12.1 Å². The predicted octanol–water partition coefficient (Wildman–Crippen LogP) is 3.34. The predicted molar refractivity (Wildman–Crippen MR) is 154 cm³/mol. The highest BCUT2D eigenvalue weighted by Gasteiger charge is 2.23. The summed E-state index contributed by atoms with van der Waals surface area (Å²) in [7, 11) is 0. The lowest BCUT2D eigenvalue weighted by atomic mass is 10.1. The minimum Gasteiger partial charge on any atom is -0.379 e. The SMILES string of the molecule is CC(=O)c1ccc(N2CCN(C(=O)CCc3nnc4n(CCCOC(C)C)c(=O)c5ccccc5n34)CC2)cc1. The van der Waals surface area contributed by atoms with Crippen LogP contribution in [-0.2, 0) is 22.5 Å². The molecule has 1 aliphatic rings. The van der Waals surface area contributed by atoms with Crippen molar-refractivity contribution in [2.24, 2.45) is 0 Å². The standard InChI is InChI=1S/C30H36N6O4/c1-21(2)40-20-6-15-35-29(39)25-7-4-5-8-26(25)36-27(31-32-30(35)36)13-14-28(38)34-18-16-33(17-19-34)24-11-9-23(10-12-24)22(3)37/h4-5,7-12,21H,6,13-20H2,1-3H3. The molecule has 0 N–H and O–H groups in total. The molecule has 1 amide bonds. The Kier molecular flexibility index (Phi) is 8.25. The van der Waals surface area contributed by atoms with Crippen LogP contribution in [0.4, 0.5) is 5.69 Å². The molecule has 1 saturated heterocycles. The van der Waals surface area contributed by atoms with Crippen molar-refractivity contribution in [1.29, 1.82) is 0 Å². The fourth-order valence-electron chi connectivity index (χ4n) is 5.22. The zero-order chi connectivity index (χ0) is 28.2. The van der Waals surface area contributed by atoms with Gasteiger partial charge in [-0.2, -0.15) is 0 Å². The molecule has 0 bridgehead atoms. The number of ketones is 1. The van der Waals surface area contributed by atoms with E-state index in [-0.39, 0.29) is 23.4 Å². The Labute approximate surface area is 233 Å². The number of benzene rings is 2. The number of para-hydroxylation sites is 1. The Hall–Kier alpha value is -4.05. The van der Waals surface area contributed by atoms with Crippen LogP contribution >= 0.6 is 0 Å². The van der Waals surface area contributed by atoms with Crippen molar-refractivity contribution >= 4 is 34.1 Å². The Morgan fingerprint density at radius 1 is 0.975 bits per heavy atom. The van der Waals surface area contributed by atoms with Gasteiger partial charge in [0.1, 0.15) is 5.82 Å². The zero-order valence-electron chi connectivity index (χ0n) is 23.4. The van der Waals surface area contributed by atoms with Crippen LogP contribution in [0.3, 0.4) is 0 Å². The van der Waals surface area contributed by atoms with Gasteiger partial charge in [-0.05, 0) is 63.6 Å². The number of aryl methyl sites for hydroxylation is 2. The molecule has 210 valence electrons. The molecule has 10 nitrogen and oxygen atoms in total. The maximum atomic E-state index is 13.3. The van der Waals surface area contributed by atoms with Crippen molar-refractivity contribution < 1.29 is 14.3 Å². The van der Waals surface area contributed by atoms with Crippen LogP contribution in [0.5, 0.6) is 0 Å². The van der Waals surface area contributed by atoms with Gasteiger partial charge in [0.2, 0.25) is 11.7 Å². The van der Waals surface area contributed by atoms with Crippen molar-refractivity contribution in [2.75, 3.05) is 37.7 Å². The Morgan fingerprint density at radius 3 is 2.40 bits per heavy atom. The first-order chi connectivity index (χ1) is 19.3. The van der Waals surface area contributed by atoms with E-state index < -0.39 is 0 Å². The van der Waals surface area contributed by atoms with E-state index in [0.717, 1.165) is 24.3 Å². The second kappa shape index (κ2) is 12.0. The summed E-state index contributed by atoms with van der Waals surface area (Å²) in [4.78, 5) is 42.1. The molecule has 1 fully saturated rings. The zero-order valence-corrected chi connectivity index (χ0v) is 23.4. The number of anilines is 1. The summed E-state index contributed by atoms with van der Waals surface area (Å²) < 4.78 is 9.23. The van der Waals surface area contributed by atoms with Gasteiger partial charge in [0.25, 0.3) is 5.56 Å². The number of rotatable bonds is 10. The Morgan fingerprint density at radius 2 is 1.70 bits per heavy atom. The minimum absolute atomic E-state index is 0.0509. The number of piperazine rings is 1. The smallest absolute Gasteiger partial charge is 0.262 e. The first kappa shape index (κ1) is 27.5. The molecule has 0 atom stereocenters. The summed E-state index contributed by atoms with van der Waals surface area (Å²) in [6.07, 6.45) is 1.54. The number of aromatic nitrogens is 4. The van der Waals surface area contributed by atoms with Crippen LogP contribution in [0, 0.1) is 0 Å². The van der Waals surface area contributed by atoms with Gasteiger partial charge < -0.3 is 14.5 Å². The van der Waals surface area contributed by atoms with Crippen LogP contribution in [0.25, 0.3) is 16.7 Å². The molecule has 1 aliphatic heterocycles. The molecule has 0 unspecified atom stereocenters. The van der Waals surface area contributed by atoms with E-state index in [9.17, 15) is 14.4 Å². The lowest BCUT2D eigenvalue weighted by Gasteiger charge is -2.36. The maximum absolute atomic E-state index is 13.3. The van der Waals surface area contributed by atoms with Crippen molar-refractivity contribution in [1.82, 2.24) is 24.1 Å². The molecule has 10 heteroatoms. The third-order valence-electron chi connectivity index (χ3n) is 7.39. The molecular weight excluding hydrogens is 508 g/mol. The molecule has 0 saturated carbocycles. The average molecular weight is 545 g/mol. The molecule has 40 heavy (non-hydrogen) atoms. The monoisotopic (exact) mass is 544 g/mol. The third-order valence-corrected chi connectivity index (χ3v) is 7.39. The highest BCUT2D eigenvalue weighted by molar-refractivity contribution is 5.94. The number of amides is 1. The number of hydrogen-bond acceptors (Lipinski definition) is 7. The van der Waals surface area contributed by atoms with Gasteiger partial charge in [-0.15, -0.1) is 10.2 Å². The summed E-state index contributed by atoms with van der Waals surface area (Å²) in [5.41, 5.74) is 2.40. The van der Waals surface area contributed by atoms with E-state index >= 15 is 0 Å². The van der Waals surface area contributed by atoms with Gasteiger partial charge in [0, 0.05) is 63.4 Å². The summed E-state index contributed by atoms with van der Waals surface area (Å²) in [6, 6.07) is 15.1. The first-order valence-corrected chi connectivity index (χ1v) is 13.9. The van der Waals surface area contributed by atoms with E-state index in [4.69, 9.17) is 4.74 Å². The molecular formula is C30H36N6O4. The quantitative estimate of drug-likeness (QED) is 0.223. The van der Waals surface area contributed by atoms with Crippen LogP contribution in [0.2, 0.25) is 0 Å². The number of carbonyl (C=O) groups excluding carboxylic acids is 2. The molecule has 5 rings (SSSR count). The van der Waals surface area contributed by atoms with Crippen LogP contribution in [0.1, 0.15) is 49.8 Å². The van der Waals surface area contributed by atoms with Crippen molar-refractivity contribution in [3.05, 3.63) is 70.3 Å². The highest BCUT2D eigenvalue weighted by Crippen LogP contribution is 2.19. The minimum atomic E-state index is -0.100. The number of Topliss-reactive ketones (excluding diaryl/α,β-unsaturated/α-hetero) is 1. The largest absolute Gasteiger partial charge is 0.379 e. The normalized spacial score (nSPS) is 14.0. The van der Waals surface area contributed by atoms with Gasteiger partial charge in [-0.25, -0.2) is 0 Å². The molecule has 4 aromatic rings. The van der Waals surface area contributed by atoms with Gasteiger partial charge in [-0.3, -0.25) is 23.4 Å². The van der Waals surface area contributed by atoms with Gasteiger partial charge in [0.05, 0.1) is 17.0 Å². The number of carbonyl (C=O) groups is 2. The number of nitrogens with zero attached hydrogens (tertiary/aromatic N) is 6. The van der Waals surface area contributed by atoms with Crippen molar-refractivity contribution in [3.8, 4) is 0 Å². The molecule has 2 aromatic heterocycles. The van der Waals surface area contributed by atoms with Crippen LogP contribution in [-0.4, -0.2) is 74.6 Å². The summed E-state index contributed by atoms with van der Waals surface area (Å²) in [5.74, 6) is 1.28. The Bertz CT molecular complexity index is 1570.